The van der Waals surface area contributed by atoms with Crippen LogP contribution in [0.5, 0.6) is 17.4 Å². The van der Waals surface area contributed by atoms with E-state index in [1.165, 1.54) is 0 Å². The van der Waals surface area contributed by atoms with Gasteiger partial charge in [0.2, 0.25) is 11.8 Å². The Hall–Kier alpha value is -4.51. The van der Waals surface area contributed by atoms with E-state index in [2.05, 4.69) is 47.6 Å². The minimum Gasteiger partial charge on any atom is -0.489 e. The van der Waals surface area contributed by atoms with Crippen LogP contribution < -0.4 is 29.9 Å². The highest BCUT2D eigenvalue weighted by Gasteiger charge is 2.26. The SMILES string of the molecule is CC(Oc1cnc2cc(N3CCOCC3)nc(OC3CCC(Nc4ncc(OCCN5CCN(C)CC5)cn4)CC3)c2c1)c1cnn(C)c1NO. The van der Waals surface area contributed by atoms with Gasteiger partial charge in [0.1, 0.15) is 30.4 Å². The Morgan fingerprint density at radius 1 is 0.922 bits per heavy atom. The van der Waals surface area contributed by atoms with Gasteiger partial charge < -0.3 is 34.1 Å². The molecule has 4 aromatic rings. The Morgan fingerprint density at radius 2 is 1.67 bits per heavy atom. The maximum Gasteiger partial charge on any atom is 0.225 e. The molecule has 51 heavy (non-hydrogen) atoms. The predicted octanol–water partition coefficient (Wildman–Crippen LogP) is 3.36. The summed E-state index contributed by atoms with van der Waals surface area (Å²) in [5.74, 6) is 3.69. The number of piperazine rings is 1. The number of hydrogen-bond acceptors (Lipinski definition) is 15. The standard InChI is InChI=1S/C35H49N11O5/c1-24(30-23-39-44(3)33(30)42-47)50-27-18-29-31(36-20-27)19-32(46-13-15-48-16-14-46)41-34(29)51-26-6-4-25(5-7-26)40-35-37-21-28(22-38-35)49-17-12-45-10-8-43(2)9-11-45/h18-26,42,47H,4-17H2,1-3H3,(H,37,38,40). The van der Waals surface area contributed by atoms with Gasteiger partial charge in [-0.3, -0.25) is 25.3 Å². The van der Waals surface area contributed by atoms with E-state index < -0.39 is 6.10 Å². The Bertz CT molecular complexity index is 1720. The second kappa shape index (κ2) is 16.2. The van der Waals surface area contributed by atoms with Crippen LogP contribution in [0.25, 0.3) is 10.9 Å². The zero-order valence-corrected chi connectivity index (χ0v) is 29.7. The second-order valence-electron chi connectivity index (χ2n) is 13.5. The van der Waals surface area contributed by atoms with Crippen molar-refractivity contribution in [1.82, 2.24) is 39.5 Å². The fourth-order valence-electron chi connectivity index (χ4n) is 6.82. The summed E-state index contributed by atoms with van der Waals surface area (Å²) < 4.78 is 26.0. The van der Waals surface area contributed by atoms with E-state index in [4.69, 9.17) is 28.9 Å². The Labute approximate surface area is 298 Å². The minimum atomic E-state index is -0.403. The average molecular weight is 704 g/mol. The summed E-state index contributed by atoms with van der Waals surface area (Å²) in [7, 11) is 3.91. The first-order chi connectivity index (χ1) is 24.9. The van der Waals surface area contributed by atoms with Gasteiger partial charge in [0.25, 0.3) is 0 Å². The third kappa shape index (κ3) is 8.69. The largest absolute Gasteiger partial charge is 0.489 e. The number of hydrogen-bond donors (Lipinski definition) is 3. The van der Waals surface area contributed by atoms with Gasteiger partial charge in [0.05, 0.1) is 54.5 Å². The number of likely N-dealkylation sites (N-methyl/N-ethyl adjacent to an activating group) is 1. The van der Waals surface area contributed by atoms with Gasteiger partial charge in [0, 0.05) is 65.0 Å². The molecule has 3 N–H and O–H groups in total. The predicted molar refractivity (Wildman–Crippen MR) is 192 cm³/mol. The van der Waals surface area contributed by atoms with Crippen LogP contribution >= 0.6 is 0 Å². The van der Waals surface area contributed by atoms with E-state index in [1.54, 1.807) is 36.5 Å². The van der Waals surface area contributed by atoms with Crippen LogP contribution in [0, 0.1) is 0 Å². The van der Waals surface area contributed by atoms with Crippen LogP contribution in [0.1, 0.15) is 44.3 Å². The second-order valence-corrected chi connectivity index (χ2v) is 13.5. The molecular weight excluding hydrogens is 654 g/mol. The highest BCUT2D eigenvalue weighted by Crippen LogP contribution is 2.35. The molecule has 0 bridgehead atoms. The van der Waals surface area contributed by atoms with Gasteiger partial charge in [-0.1, -0.05) is 0 Å². The number of aromatic nitrogens is 6. The Kier molecular flexibility index (Phi) is 11.1. The molecule has 1 atom stereocenters. The summed E-state index contributed by atoms with van der Waals surface area (Å²) >= 11 is 0. The fraction of sp³-hybridized carbons (Fsp3) is 0.571. The van der Waals surface area contributed by atoms with Crippen LogP contribution in [0.4, 0.5) is 17.6 Å². The average Bonchev–Trinajstić information content (AvgIpc) is 3.54. The first-order valence-corrected chi connectivity index (χ1v) is 17.9. The van der Waals surface area contributed by atoms with Crippen molar-refractivity contribution >= 4 is 28.5 Å². The third-order valence-corrected chi connectivity index (χ3v) is 9.95. The number of pyridine rings is 2. The molecule has 16 nitrogen and oxygen atoms in total. The Balaban J connectivity index is 0.973. The summed E-state index contributed by atoms with van der Waals surface area (Å²) in [6.07, 6.45) is 10.00. The summed E-state index contributed by atoms with van der Waals surface area (Å²) in [5.41, 5.74) is 3.70. The lowest BCUT2D eigenvalue weighted by Crippen LogP contribution is -2.45. The number of nitrogens with zero attached hydrogens (tertiary/aromatic N) is 9. The molecule has 6 heterocycles. The highest BCUT2D eigenvalue weighted by molar-refractivity contribution is 5.87. The summed E-state index contributed by atoms with van der Waals surface area (Å²) in [6.45, 7) is 10.6. The molecule has 0 aromatic carbocycles. The zero-order chi connectivity index (χ0) is 35.2. The molecule has 3 fully saturated rings. The number of aryl methyl sites for hydroxylation is 1. The number of morpholine rings is 1. The van der Waals surface area contributed by atoms with Crippen molar-refractivity contribution in [2.45, 2.75) is 50.9 Å². The van der Waals surface area contributed by atoms with Crippen molar-refractivity contribution in [3.8, 4) is 17.4 Å². The topological polar surface area (TPSA) is 160 Å². The molecule has 1 saturated carbocycles. The molecular formula is C35H49N11O5. The molecule has 1 unspecified atom stereocenters. The van der Waals surface area contributed by atoms with E-state index in [0.717, 1.165) is 88.2 Å². The van der Waals surface area contributed by atoms with Crippen molar-refractivity contribution in [2.24, 2.45) is 7.05 Å². The van der Waals surface area contributed by atoms with Gasteiger partial charge >= 0.3 is 0 Å². The van der Waals surface area contributed by atoms with E-state index in [9.17, 15) is 5.21 Å². The molecule has 0 amide bonds. The molecule has 1 aliphatic carbocycles. The number of fused-ring (bicyclic) bond motifs is 1. The lowest BCUT2D eigenvalue weighted by atomic mass is 9.93. The van der Waals surface area contributed by atoms with Gasteiger partial charge in [-0.05, 0) is 45.7 Å². The lowest BCUT2D eigenvalue weighted by Gasteiger charge is -2.32. The lowest BCUT2D eigenvalue weighted by molar-refractivity contribution is 0.122. The monoisotopic (exact) mass is 703 g/mol. The van der Waals surface area contributed by atoms with E-state index in [1.807, 2.05) is 19.1 Å². The van der Waals surface area contributed by atoms with Gasteiger partial charge in [-0.25, -0.2) is 9.97 Å². The van der Waals surface area contributed by atoms with E-state index in [-0.39, 0.29) is 12.1 Å². The number of nitrogens with one attached hydrogen (secondary N) is 2. The Morgan fingerprint density at radius 3 is 2.41 bits per heavy atom. The van der Waals surface area contributed by atoms with Crippen LogP contribution in [0.15, 0.2) is 36.9 Å². The molecule has 16 heteroatoms. The first-order valence-electron chi connectivity index (χ1n) is 17.9. The first kappa shape index (κ1) is 34.9. The number of rotatable bonds is 13. The molecule has 7 rings (SSSR count). The molecule has 0 radical (unpaired) electrons. The fourth-order valence-corrected chi connectivity index (χ4v) is 6.82. The molecule has 4 aromatic heterocycles. The molecule has 274 valence electrons. The van der Waals surface area contributed by atoms with Crippen molar-refractivity contribution < 1.29 is 24.2 Å². The van der Waals surface area contributed by atoms with Gasteiger partial charge in [-0.15, -0.1) is 0 Å². The molecule has 3 aliphatic rings. The smallest absolute Gasteiger partial charge is 0.225 e. The van der Waals surface area contributed by atoms with Crippen LogP contribution in [-0.2, 0) is 11.8 Å². The third-order valence-electron chi connectivity index (χ3n) is 9.95. The number of ether oxygens (including phenoxy) is 4. The quantitative estimate of drug-likeness (QED) is 0.174. The maximum absolute atomic E-state index is 9.60. The van der Waals surface area contributed by atoms with Crippen molar-refractivity contribution in [2.75, 3.05) is 88.4 Å². The van der Waals surface area contributed by atoms with Gasteiger partial charge in [-0.2, -0.15) is 10.1 Å². The minimum absolute atomic E-state index is 0.00670. The van der Waals surface area contributed by atoms with Crippen LogP contribution in [0.2, 0.25) is 0 Å². The molecule has 2 aliphatic heterocycles. The summed E-state index contributed by atoms with van der Waals surface area (Å²) in [6, 6.07) is 4.17. The summed E-state index contributed by atoms with van der Waals surface area (Å²) in [5, 5.41) is 18.1. The van der Waals surface area contributed by atoms with Crippen molar-refractivity contribution in [3.63, 3.8) is 0 Å². The number of anilines is 3. The maximum atomic E-state index is 9.60. The van der Waals surface area contributed by atoms with Crippen LogP contribution in [0.3, 0.4) is 0 Å². The van der Waals surface area contributed by atoms with Crippen molar-refractivity contribution in [1.29, 1.82) is 0 Å². The van der Waals surface area contributed by atoms with E-state index >= 15 is 0 Å². The molecule has 0 spiro atoms. The van der Waals surface area contributed by atoms with Gasteiger partial charge in [0.15, 0.2) is 11.6 Å². The van der Waals surface area contributed by atoms with E-state index in [0.29, 0.717) is 54.5 Å². The van der Waals surface area contributed by atoms with Crippen molar-refractivity contribution in [3.05, 3.63) is 42.5 Å². The summed E-state index contributed by atoms with van der Waals surface area (Å²) in [4.78, 5) is 25.8. The highest BCUT2D eigenvalue weighted by atomic mass is 16.5. The molecule has 2 saturated heterocycles. The zero-order valence-electron chi connectivity index (χ0n) is 29.7. The normalized spacial score (nSPS) is 21.0. The van der Waals surface area contributed by atoms with Crippen LogP contribution in [-0.4, -0.2) is 130 Å².